The van der Waals surface area contributed by atoms with Gasteiger partial charge in [0.1, 0.15) is 0 Å². The Hall–Kier alpha value is -3.68. The maximum Gasteiger partial charge on any atom is 0.343 e. The van der Waals surface area contributed by atoms with Crippen molar-refractivity contribution in [1.29, 1.82) is 0 Å². The number of carbonyl (C=O) groups excluding carboxylic acids is 2. The average Bonchev–Trinajstić information content (AvgIpc) is 3.05. The molecule has 0 saturated carbocycles. The van der Waals surface area contributed by atoms with Gasteiger partial charge >= 0.3 is 5.97 Å². The summed E-state index contributed by atoms with van der Waals surface area (Å²) in [5.41, 5.74) is 2.55. The number of fused-ring (bicyclic) bond motifs is 1. The highest BCUT2D eigenvalue weighted by atomic mass is 16.6. The number of ether oxygens (including phenoxy) is 5. The van der Waals surface area contributed by atoms with Crippen molar-refractivity contribution in [2.45, 2.75) is 0 Å². The molecule has 0 bridgehead atoms. The van der Waals surface area contributed by atoms with Gasteiger partial charge in [0, 0.05) is 17.2 Å². The summed E-state index contributed by atoms with van der Waals surface area (Å²) in [4.78, 5) is 23.8. The number of anilines is 1. The fraction of sp³-hybridized carbons (Fsp3) is 0.238. The second-order valence-electron chi connectivity index (χ2n) is 6.04. The summed E-state index contributed by atoms with van der Waals surface area (Å²) in [6, 6.07) is 8.61. The topological polar surface area (TPSA) is 92.3 Å². The lowest BCUT2D eigenvalue weighted by atomic mass is 10.0. The molecule has 0 fully saturated rings. The smallest absolute Gasteiger partial charge is 0.343 e. The van der Waals surface area contributed by atoms with Crippen molar-refractivity contribution in [2.24, 2.45) is 0 Å². The number of methoxy groups -OCH3 is 4. The van der Waals surface area contributed by atoms with E-state index < -0.39 is 5.97 Å². The van der Waals surface area contributed by atoms with E-state index in [9.17, 15) is 9.59 Å². The largest absolute Gasteiger partial charge is 0.493 e. The highest BCUT2D eigenvalue weighted by Crippen LogP contribution is 2.41. The van der Waals surface area contributed by atoms with Gasteiger partial charge in [-0.3, -0.25) is 4.79 Å². The Kier molecular flexibility index (Phi) is 5.92. The van der Waals surface area contributed by atoms with Gasteiger partial charge < -0.3 is 29.0 Å². The lowest BCUT2D eigenvalue weighted by Crippen LogP contribution is -2.12. The second-order valence-corrected chi connectivity index (χ2v) is 6.04. The molecular formula is C21H21NO7. The molecule has 1 amide bonds. The predicted molar refractivity (Wildman–Crippen MR) is 107 cm³/mol. The van der Waals surface area contributed by atoms with Gasteiger partial charge in [0.2, 0.25) is 0 Å². The summed E-state index contributed by atoms with van der Waals surface area (Å²) in [7, 11) is 5.85. The van der Waals surface area contributed by atoms with Crippen LogP contribution in [0.25, 0.3) is 11.6 Å². The van der Waals surface area contributed by atoms with E-state index in [1.54, 1.807) is 36.4 Å². The van der Waals surface area contributed by atoms with Gasteiger partial charge in [0.15, 0.2) is 29.6 Å². The number of benzene rings is 2. The van der Waals surface area contributed by atoms with E-state index in [0.717, 1.165) is 5.56 Å². The van der Waals surface area contributed by atoms with E-state index in [0.29, 0.717) is 39.8 Å². The molecule has 1 heterocycles. The molecule has 8 nitrogen and oxygen atoms in total. The van der Waals surface area contributed by atoms with Gasteiger partial charge in [-0.2, -0.15) is 0 Å². The van der Waals surface area contributed by atoms with Crippen molar-refractivity contribution in [1.82, 2.24) is 0 Å². The molecule has 0 atom stereocenters. The molecule has 2 aromatic rings. The molecule has 1 aliphatic rings. The van der Waals surface area contributed by atoms with Crippen LogP contribution >= 0.6 is 0 Å². The number of esters is 1. The number of carbonyl (C=O) groups is 2. The molecule has 0 aromatic heterocycles. The van der Waals surface area contributed by atoms with Gasteiger partial charge in [-0.15, -0.1) is 0 Å². The zero-order valence-electron chi connectivity index (χ0n) is 16.5. The van der Waals surface area contributed by atoms with E-state index in [4.69, 9.17) is 18.9 Å². The number of hydrogen-bond donors (Lipinski definition) is 1. The molecule has 8 heteroatoms. The molecule has 1 N–H and O–H groups in total. The lowest BCUT2D eigenvalue weighted by molar-refractivity contribution is -0.142. The summed E-state index contributed by atoms with van der Waals surface area (Å²) in [6.07, 6.45) is 1.74. The summed E-state index contributed by atoms with van der Waals surface area (Å²) in [6.45, 7) is -0.231. The molecule has 0 radical (unpaired) electrons. The fourth-order valence-corrected chi connectivity index (χ4v) is 2.92. The van der Waals surface area contributed by atoms with Crippen molar-refractivity contribution < 1.29 is 33.3 Å². The highest BCUT2D eigenvalue weighted by Gasteiger charge is 2.26. The Morgan fingerprint density at radius 2 is 1.59 bits per heavy atom. The zero-order chi connectivity index (χ0) is 21.0. The minimum Gasteiger partial charge on any atom is -0.493 e. The van der Waals surface area contributed by atoms with E-state index in [1.807, 2.05) is 0 Å². The monoisotopic (exact) mass is 399 g/mol. The standard InChI is InChI=1S/C21H21NO7/c1-25-17-8-12(5-6-16(17)29-11-20(23)28-4)7-14-13-9-18(26-2)19(27-3)10-15(13)22-21(14)24/h5-10H,11H2,1-4H3,(H,22,24)/b14-7-. The van der Waals surface area contributed by atoms with Crippen molar-refractivity contribution in [3.05, 3.63) is 41.5 Å². The first-order chi connectivity index (χ1) is 14.0. The molecule has 1 aliphatic heterocycles. The Labute approximate surface area is 168 Å². The quantitative estimate of drug-likeness (QED) is 0.565. The Morgan fingerprint density at radius 1 is 0.931 bits per heavy atom. The van der Waals surface area contributed by atoms with Crippen molar-refractivity contribution in [3.8, 4) is 23.0 Å². The van der Waals surface area contributed by atoms with E-state index in [2.05, 4.69) is 10.1 Å². The minimum atomic E-state index is -0.498. The first kappa shape index (κ1) is 20.1. The van der Waals surface area contributed by atoms with Gasteiger partial charge in [-0.25, -0.2) is 4.79 Å². The molecule has 29 heavy (non-hydrogen) atoms. The lowest BCUT2D eigenvalue weighted by Gasteiger charge is -2.11. The number of amides is 1. The van der Waals surface area contributed by atoms with Crippen LogP contribution in [-0.4, -0.2) is 46.9 Å². The van der Waals surface area contributed by atoms with Crippen LogP contribution in [0.4, 0.5) is 5.69 Å². The van der Waals surface area contributed by atoms with Crippen LogP contribution in [0.3, 0.4) is 0 Å². The summed E-state index contributed by atoms with van der Waals surface area (Å²) >= 11 is 0. The molecular weight excluding hydrogens is 378 g/mol. The van der Waals surface area contributed by atoms with Crippen LogP contribution in [0.5, 0.6) is 23.0 Å². The Bertz CT molecular complexity index is 981. The van der Waals surface area contributed by atoms with Crippen LogP contribution in [0.15, 0.2) is 30.3 Å². The second kappa shape index (κ2) is 8.55. The van der Waals surface area contributed by atoms with Crippen LogP contribution in [0.1, 0.15) is 11.1 Å². The van der Waals surface area contributed by atoms with E-state index >= 15 is 0 Å². The zero-order valence-corrected chi connectivity index (χ0v) is 16.5. The normalized spacial score (nSPS) is 13.5. The molecule has 0 saturated heterocycles. The van der Waals surface area contributed by atoms with Crippen molar-refractivity contribution in [2.75, 3.05) is 40.4 Å². The third kappa shape index (κ3) is 4.11. The Balaban J connectivity index is 1.95. The molecule has 3 rings (SSSR count). The Morgan fingerprint density at radius 3 is 2.24 bits per heavy atom. The van der Waals surface area contributed by atoms with E-state index in [1.165, 1.54) is 28.4 Å². The summed E-state index contributed by atoms with van der Waals surface area (Å²) in [5.74, 6) is 1.14. The number of hydrogen-bond acceptors (Lipinski definition) is 7. The first-order valence-electron chi connectivity index (χ1n) is 8.67. The molecule has 2 aromatic carbocycles. The van der Waals surface area contributed by atoms with Gasteiger partial charge in [-0.1, -0.05) is 6.07 Å². The molecule has 0 unspecified atom stereocenters. The predicted octanol–water partition coefficient (Wildman–Crippen LogP) is 2.76. The van der Waals surface area contributed by atoms with Crippen LogP contribution in [0.2, 0.25) is 0 Å². The third-order valence-corrected chi connectivity index (χ3v) is 4.38. The molecule has 0 spiro atoms. The van der Waals surface area contributed by atoms with Crippen LogP contribution < -0.4 is 24.3 Å². The average molecular weight is 399 g/mol. The van der Waals surface area contributed by atoms with Gasteiger partial charge in [-0.05, 0) is 29.8 Å². The molecule has 0 aliphatic carbocycles. The van der Waals surface area contributed by atoms with Crippen molar-refractivity contribution >= 4 is 29.2 Å². The SMILES string of the molecule is COC(=O)COc1ccc(/C=C2\C(=O)Nc3cc(OC)c(OC)cc32)cc1OC. The highest BCUT2D eigenvalue weighted by molar-refractivity contribution is 6.35. The number of nitrogens with one attached hydrogen (secondary N) is 1. The maximum absolute atomic E-state index is 12.5. The fourth-order valence-electron chi connectivity index (χ4n) is 2.92. The summed E-state index contributed by atoms with van der Waals surface area (Å²) < 4.78 is 25.9. The van der Waals surface area contributed by atoms with Crippen LogP contribution in [0, 0.1) is 0 Å². The van der Waals surface area contributed by atoms with Gasteiger partial charge in [0.25, 0.3) is 5.91 Å². The first-order valence-corrected chi connectivity index (χ1v) is 8.67. The third-order valence-electron chi connectivity index (χ3n) is 4.38. The van der Waals surface area contributed by atoms with Gasteiger partial charge in [0.05, 0.1) is 34.1 Å². The maximum atomic E-state index is 12.5. The summed E-state index contributed by atoms with van der Waals surface area (Å²) in [5, 5.41) is 2.82. The number of rotatable bonds is 7. The molecule has 152 valence electrons. The minimum absolute atomic E-state index is 0.231. The van der Waals surface area contributed by atoms with Crippen molar-refractivity contribution in [3.63, 3.8) is 0 Å². The van der Waals surface area contributed by atoms with E-state index in [-0.39, 0.29) is 12.5 Å². The van der Waals surface area contributed by atoms with Crippen LogP contribution in [-0.2, 0) is 14.3 Å².